The lowest BCUT2D eigenvalue weighted by molar-refractivity contribution is 0.286. The zero-order valence-electron chi connectivity index (χ0n) is 9.06. The molecule has 0 fully saturated rings. The summed E-state index contributed by atoms with van der Waals surface area (Å²) < 4.78 is 26.3. The first kappa shape index (κ1) is 12.6. The van der Waals surface area contributed by atoms with Gasteiger partial charge in [0.1, 0.15) is 0 Å². The molecule has 0 aromatic carbocycles. The van der Waals surface area contributed by atoms with Crippen LogP contribution in [0.5, 0.6) is 0 Å². The number of anilines is 2. The van der Waals surface area contributed by atoms with Crippen LogP contribution in [0, 0.1) is 11.6 Å². The summed E-state index contributed by atoms with van der Waals surface area (Å²) in [5.41, 5.74) is 0. The summed E-state index contributed by atoms with van der Waals surface area (Å²) in [5, 5.41) is 13.8. The molecule has 1 heterocycles. The Balaban J connectivity index is 2.64. The van der Waals surface area contributed by atoms with E-state index < -0.39 is 11.6 Å². The van der Waals surface area contributed by atoms with Gasteiger partial charge in [0.25, 0.3) is 0 Å². The lowest BCUT2D eigenvalue weighted by Gasteiger charge is -2.08. The van der Waals surface area contributed by atoms with Crippen molar-refractivity contribution in [3.05, 3.63) is 17.7 Å². The van der Waals surface area contributed by atoms with Crippen molar-refractivity contribution in [1.82, 2.24) is 4.98 Å². The van der Waals surface area contributed by atoms with Crippen molar-refractivity contribution >= 4 is 11.6 Å². The molecule has 0 spiro atoms. The first-order valence-electron chi connectivity index (χ1n) is 5.07. The van der Waals surface area contributed by atoms with E-state index in [2.05, 4.69) is 15.6 Å². The Morgan fingerprint density at radius 3 is 2.56 bits per heavy atom. The third-order valence-corrected chi connectivity index (χ3v) is 2.04. The molecule has 0 aliphatic rings. The largest absolute Gasteiger partial charge is 0.396 e. The number of aromatic nitrogens is 1. The van der Waals surface area contributed by atoms with E-state index in [0.717, 1.165) is 6.07 Å². The first-order valence-corrected chi connectivity index (χ1v) is 5.07. The second-order valence-electron chi connectivity index (χ2n) is 3.26. The fourth-order valence-corrected chi connectivity index (χ4v) is 1.21. The Bertz CT molecular complexity index is 347. The Labute approximate surface area is 92.7 Å². The highest BCUT2D eigenvalue weighted by molar-refractivity contribution is 5.47. The molecule has 0 aliphatic heterocycles. The third-order valence-electron chi connectivity index (χ3n) is 2.04. The monoisotopic (exact) mass is 231 g/mol. The molecule has 0 saturated heterocycles. The molecule has 0 saturated carbocycles. The van der Waals surface area contributed by atoms with Crippen LogP contribution in [0.25, 0.3) is 0 Å². The van der Waals surface area contributed by atoms with Crippen LogP contribution >= 0.6 is 0 Å². The minimum atomic E-state index is -0.722. The molecule has 6 heteroatoms. The fraction of sp³-hybridized carbons (Fsp3) is 0.500. The molecule has 0 aliphatic carbocycles. The van der Waals surface area contributed by atoms with E-state index in [1.54, 1.807) is 0 Å². The van der Waals surface area contributed by atoms with E-state index in [9.17, 15) is 8.78 Å². The average molecular weight is 231 g/mol. The van der Waals surface area contributed by atoms with Crippen LogP contribution in [0.3, 0.4) is 0 Å². The van der Waals surface area contributed by atoms with Gasteiger partial charge in [-0.05, 0) is 12.8 Å². The van der Waals surface area contributed by atoms with Gasteiger partial charge in [-0.2, -0.15) is 0 Å². The molecule has 1 aromatic heterocycles. The molecule has 1 rings (SSSR count). The number of nitrogens with one attached hydrogen (secondary N) is 2. The van der Waals surface area contributed by atoms with Crippen molar-refractivity contribution in [2.24, 2.45) is 0 Å². The van der Waals surface area contributed by atoms with E-state index in [-0.39, 0.29) is 18.2 Å². The Kier molecular flexibility index (Phi) is 4.91. The number of rotatable bonds is 6. The number of hydrogen-bond donors (Lipinski definition) is 3. The number of hydrogen-bond acceptors (Lipinski definition) is 4. The highest BCUT2D eigenvalue weighted by Crippen LogP contribution is 2.18. The molecule has 0 unspecified atom stereocenters. The fourth-order valence-electron chi connectivity index (χ4n) is 1.21. The second kappa shape index (κ2) is 6.22. The third kappa shape index (κ3) is 3.30. The summed E-state index contributed by atoms with van der Waals surface area (Å²) in [5.74, 6) is -1.42. The molecule has 4 nitrogen and oxygen atoms in total. The maximum absolute atomic E-state index is 13.2. The quantitative estimate of drug-likeness (QED) is 0.651. The van der Waals surface area contributed by atoms with Gasteiger partial charge in [0, 0.05) is 26.3 Å². The minimum Gasteiger partial charge on any atom is -0.396 e. The van der Waals surface area contributed by atoms with E-state index in [0.29, 0.717) is 19.4 Å². The average Bonchev–Trinajstić information content (AvgIpc) is 2.27. The summed E-state index contributed by atoms with van der Waals surface area (Å²) in [7, 11) is 1.51. The van der Waals surface area contributed by atoms with Crippen LogP contribution in [0.15, 0.2) is 6.07 Å². The number of aliphatic hydroxyl groups is 1. The van der Waals surface area contributed by atoms with Gasteiger partial charge in [0.05, 0.1) is 0 Å². The Hall–Kier alpha value is -1.43. The molecular weight excluding hydrogens is 216 g/mol. The number of nitrogens with zero attached hydrogens (tertiary/aromatic N) is 1. The van der Waals surface area contributed by atoms with Gasteiger partial charge in [-0.1, -0.05) is 0 Å². The molecule has 0 bridgehead atoms. The van der Waals surface area contributed by atoms with Gasteiger partial charge in [-0.3, -0.25) is 0 Å². The van der Waals surface area contributed by atoms with Crippen molar-refractivity contribution in [2.75, 3.05) is 30.8 Å². The van der Waals surface area contributed by atoms with Crippen LogP contribution < -0.4 is 10.6 Å². The van der Waals surface area contributed by atoms with Crippen molar-refractivity contribution < 1.29 is 13.9 Å². The Morgan fingerprint density at radius 2 is 1.94 bits per heavy atom. The van der Waals surface area contributed by atoms with Crippen LogP contribution in [-0.4, -0.2) is 30.3 Å². The predicted octanol–water partition coefficient (Wildman–Crippen LogP) is 1.59. The number of aliphatic hydroxyl groups excluding tert-OH is 1. The van der Waals surface area contributed by atoms with Crippen LogP contribution in [-0.2, 0) is 0 Å². The molecule has 16 heavy (non-hydrogen) atoms. The summed E-state index contributed by atoms with van der Waals surface area (Å²) >= 11 is 0. The van der Waals surface area contributed by atoms with Gasteiger partial charge < -0.3 is 15.7 Å². The maximum atomic E-state index is 13.2. The molecule has 0 atom stereocenters. The van der Waals surface area contributed by atoms with Crippen molar-refractivity contribution in [3.63, 3.8) is 0 Å². The van der Waals surface area contributed by atoms with Gasteiger partial charge in [0.2, 0.25) is 0 Å². The highest BCUT2D eigenvalue weighted by atomic mass is 19.1. The molecule has 0 amide bonds. The number of halogens is 2. The summed E-state index contributed by atoms with van der Waals surface area (Å²) in [4.78, 5) is 3.75. The lowest BCUT2D eigenvalue weighted by atomic mass is 10.3. The summed E-state index contributed by atoms with van der Waals surface area (Å²) in [6.45, 7) is 0.585. The molecule has 90 valence electrons. The first-order chi connectivity index (χ1) is 7.69. The highest BCUT2D eigenvalue weighted by Gasteiger charge is 2.09. The normalized spacial score (nSPS) is 10.2. The van der Waals surface area contributed by atoms with Crippen LogP contribution in [0.1, 0.15) is 12.8 Å². The zero-order valence-corrected chi connectivity index (χ0v) is 9.06. The second-order valence-corrected chi connectivity index (χ2v) is 3.26. The van der Waals surface area contributed by atoms with Crippen molar-refractivity contribution in [2.45, 2.75) is 12.8 Å². The SMILES string of the molecule is CNc1nc(NCCCCO)c(F)cc1F. The summed E-state index contributed by atoms with van der Waals surface area (Å²) in [6.07, 6.45) is 1.33. The van der Waals surface area contributed by atoms with E-state index >= 15 is 0 Å². The molecule has 0 radical (unpaired) electrons. The molecular formula is C10H15F2N3O. The van der Waals surface area contributed by atoms with E-state index in [1.807, 2.05) is 0 Å². The minimum absolute atomic E-state index is 0.00561. The van der Waals surface area contributed by atoms with Crippen molar-refractivity contribution in [1.29, 1.82) is 0 Å². The molecule has 3 N–H and O–H groups in total. The maximum Gasteiger partial charge on any atom is 0.168 e. The van der Waals surface area contributed by atoms with E-state index in [1.165, 1.54) is 7.05 Å². The number of pyridine rings is 1. The zero-order chi connectivity index (χ0) is 12.0. The van der Waals surface area contributed by atoms with Gasteiger partial charge >= 0.3 is 0 Å². The van der Waals surface area contributed by atoms with Crippen LogP contribution in [0.2, 0.25) is 0 Å². The topological polar surface area (TPSA) is 57.2 Å². The molecule has 1 aromatic rings. The van der Waals surface area contributed by atoms with Gasteiger partial charge in [0.15, 0.2) is 23.3 Å². The van der Waals surface area contributed by atoms with Gasteiger partial charge in [-0.25, -0.2) is 13.8 Å². The van der Waals surface area contributed by atoms with Gasteiger partial charge in [-0.15, -0.1) is 0 Å². The predicted molar refractivity (Wildman–Crippen MR) is 58.5 cm³/mol. The lowest BCUT2D eigenvalue weighted by Crippen LogP contribution is -2.08. The van der Waals surface area contributed by atoms with E-state index in [4.69, 9.17) is 5.11 Å². The smallest absolute Gasteiger partial charge is 0.168 e. The van der Waals surface area contributed by atoms with Crippen molar-refractivity contribution in [3.8, 4) is 0 Å². The number of unbranched alkanes of at least 4 members (excludes halogenated alkanes) is 1. The van der Waals surface area contributed by atoms with Crippen LogP contribution in [0.4, 0.5) is 20.4 Å². The summed E-state index contributed by atoms with van der Waals surface area (Å²) in [6, 6.07) is 0.785. The standard InChI is InChI=1S/C10H15F2N3O/c1-13-9-7(11)6-8(12)10(15-9)14-4-2-3-5-16/h6,16H,2-5H2,1H3,(H2,13,14,15). The Morgan fingerprint density at radius 1 is 1.25 bits per heavy atom.